The number of hydrogen-bond acceptors (Lipinski definition) is 4. The van der Waals surface area contributed by atoms with Crippen LogP contribution in [0, 0.1) is 13.8 Å². The number of thioether (sulfide) groups is 1. The molecule has 3 aromatic rings. The molecule has 0 saturated carbocycles. The normalized spacial score (nSPS) is 20.8. The lowest BCUT2D eigenvalue weighted by atomic mass is 9.87. The Morgan fingerprint density at radius 2 is 1.56 bits per heavy atom. The molecule has 3 aliphatic rings. The van der Waals surface area contributed by atoms with Gasteiger partial charge in [-0.2, -0.15) is 0 Å². The van der Waals surface area contributed by atoms with Crippen LogP contribution < -0.4 is 0 Å². The van der Waals surface area contributed by atoms with Crippen molar-refractivity contribution < 1.29 is 0 Å². The summed E-state index contributed by atoms with van der Waals surface area (Å²) in [6, 6.07) is 25.9. The predicted octanol–water partition coefficient (Wildman–Crippen LogP) is 7.70. The van der Waals surface area contributed by atoms with Crippen molar-refractivity contribution >= 4 is 40.3 Å². The van der Waals surface area contributed by atoms with E-state index in [9.17, 15) is 0 Å². The van der Waals surface area contributed by atoms with Crippen LogP contribution in [0.25, 0.3) is 11.8 Å². The van der Waals surface area contributed by atoms with Gasteiger partial charge in [-0.25, -0.2) is 4.99 Å². The molecule has 36 heavy (non-hydrogen) atoms. The van der Waals surface area contributed by atoms with Gasteiger partial charge in [0.15, 0.2) is 5.17 Å². The molecule has 3 nitrogen and oxygen atoms in total. The highest BCUT2D eigenvalue weighted by atomic mass is 35.5. The first-order valence-electron chi connectivity index (χ1n) is 12.2. The van der Waals surface area contributed by atoms with Gasteiger partial charge < -0.3 is 4.90 Å². The summed E-state index contributed by atoms with van der Waals surface area (Å²) in [5.74, 6) is 0. The zero-order valence-electron chi connectivity index (χ0n) is 20.7. The Morgan fingerprint density at radius 1 is 0.889 bits per heavy atom. The van der Waals surface area contributed by atoms with Crippen LogP contribution in [0.15, 0.2) is 100 Å². The molecular weight excluding hydrogens is 482 g/mol. The molecule has 0 saturated heterocycles. The van der Waals surface area contributed by atoms with Crippen LogP contribution in [-0.4, -0.2) is 35.1 Å². The number of likely N-dealkylation sites (N-methyl/N-ethyl adjacent to an activating group) is 1. The Kier molecular flexibility index (Phi) is 6.12. The Bertz CT molecular complexity index is 1430. The first kappa shape index (κ1) is 23.4. The number of aliphatic imine (C=N–C) groups is 1. The highest BCUT2D eigenvalue weighted by Crippen LogP contribution is 2.49. The number of aryl methyl sites for hydroxylation is 2. The molecular formula is C31H28ClN3S. The quantitative estimate of drug-likeness (QED) is 0.360. The third-order valence-corrected chi connectivity index (χ3v) is 8.07. The molecule has 0 fully saturated rings. The zero-order chi connectivity index (χ0) is 24.8. The van der Waals surface area contributed by atoms with Crippen molar-refractivity contribution in [3.8, 4) is 0 Å². The molecule has 0 N–H and O–H groups in total. The summed E-state index contributed by atoms with van der Waals surface area (Å²) in [5.41, 5.74) is 11.1. The topological polar surface area (TPSA) is 18.8 Å². The minimum Gasteiger partial charge on any atom is -0.308 e. The molecule has 5 heteroatoms. The van der Waals surface area contributed by atoms with Crippen molar-refractivity contribution in [2.24, 2.45) is 4.99 Å². The smallest absolute Gasteiger partial charge is 0.174 e. The Labute approximate surface area is 222 Å². The van der Waals surface area contributed by atoms with Gasteiger partial charge in [-0.1, -0.05) is 95.2 Å². The minimum atomic E-state index is 0.0780. The molecule has 0 bridgehead atoms. The molecule has 0 amide bonds. The molecule has 1 atom stereocenters. The van der Waals surface area contributed by atoms with Crippen LogP contribution in [0.1, 0.15) is 33.9 Å². The van der Waals surface area contributed by atoms with E-state index >= 15 is 0 Å². The van der Waals surface area contributed by atoms with Gasteiger partial charge in [-0.05, 0) is 66.9 Å². The van der Waals surface area contributed by atoms with Crippen LogP contribution in [0.3, 0.4) is 0 Å². The second kappa shape index (κ2) is 9.44. The molecule has 6 rings (SSSR count). The Hall–Kier alpha value is -3.05. The molecule has 0 aromatic heterocycles. The highest BCUT2D eigenvalue weighted by molar-refractivity contribution is 8.16. The first-order valence-corrected chi connectivity index (χ1v) is 13.5. The highest BCUT2D eigenvalue weighted by Gasteiger charge is 2.41. The van der Waals surface area contributed by atoms with E-state index in [1.54, 1.807) is 11.8 Å². The lowest BCUT2D eigenvalue weighted by Gasteiger charge is -2.42. The summed E-state index contributed by atoms with van der Waals surface area (Å²) in [5, 5.41) is 4.01. The van der Waals surface area contributed by atoms with Gasteiger partial charge in [0.1, 0.15) is 0 Å². The maximum atomic E-state index is 6.21. The Balaban J connectivity index is 1.50. The van der Waals surface area contributed by atoms with Gasteiger partial charge in [0.05, 0.1) is 17.4 Å². The molecule has 0 spiro atoms. The van der Waals surface area contributed by atoms with E-state index in [1.807, 2.05) is 12.1 Å². The van der Waals surface area contributed by atoms with Gasteiger partial charge in [0.25, 0.3) is 0 Å². The van der Waals surface area contributed by atoms with E-state index in [-0.39, 0.29) is 6.04 Å². The van der Waals surface area contributed by atoms with Crippen LogP contribution in [0.4, 0.5) is 0 Å². The predicted molar refractivity (Wildman–Crippen MR) is 154 cm³/mol. The second-order valence-corrected chi connectivity index (χ2v) is 11.1. The van der Waals surface area contributed by atoms with Gasteiger partial charge in [-0.15, -0.1) is 0 Å². The van der Waals surface area contributed by atoms with Crippen LogP contribution >= 0.6 is 23.4 Å². The van der Waals surface area contributed by atoms with Crippen molar-refractivity contribution in [1.29, 1.82) is 0 Å². The summed E-state index contributed by atoms with van der Waals surface area (Å²) in [7, 11) is 2.20. The van der Waals surface area contributed by atoms with Gasteiger partial charge in [0.2, 0.25) is 0 Å². The molecule has 3 aliphatic heterocycles. The van der Waals surface area contributed by atoms with E-state index in [4.69, 9.17) is 16.6 Å². The third-order valence-electron chi connectivity index (χ3n) is 6.98. The van der Waals surface area contributed by atoms with Crippen molar-refractivity contribution in [1.82, 2.24) is 9.80 Å². The molecule has 3 heterocycles. The monoisotopic (exact) mass is 509 g/mol. The number of amidine groups is 1. The van der Waals surface area contributed by atoms with Crippen molar-refractivity contribution in [3.63, 3.8) is 0 Å². The summed E-state index contributed by atoms with van der Waals surface area (Å²) in [6.45, 7) is 6.03. The fourth-order valence-corrected chi connectivity index (χ4v) is 6.22. The number of nitrogens with zero attached hydrogens (tertiary/aromatic N) is 3. The lowest BCUT2D eigenvalue weighted by Crippen LogP contribution is -2.40. The summed E-state index contributed by atoms with van der Waals surface area (Å²) in [4.78, 5) is 10.1. The maximum absolute atomic E-state index is 6.21. The molecule has 0 radical (unpaired) electrons. The van der Waals surface area contributed by atoms with Crippen molar-refractivity contribution in [2.75, 3.05) is 20.1 Å². The van der Waals surface area contributed by atoms with Gasteiger partial charge >= 0.3 is 0 Å². The van der Waals surface area contributed by atoms with E-state index in [0.717, 1.165) is 34.5 Å². The fraction of sp³-hybridized carbons (Fsp3) is 0.194. The SMILES string of the molecule is Cc1ccc(/C=C2\CN(C)CC3=C2N=C2SC=C(c4ccc(Cl)cc4)N2[C@H]3c2ccc(C)cc2)cc1. The van der Waals surface area contributed by atoms with Crippen LogP contribution in [-0.2, 0) is 0 Å². The van der Waals surface area contributed by atoms with Crippen molar-refractivity contribution in [3.05, 3.63) is 128 Å². The minimum absolute atomic E-state index is 0.0780. The third kappa shape index (κ3) is 4.34. The molecule has 180 valence electrons. The maximum Gasteiger partial charge on any atom is 0.174 e. The van der Waals surface area contributed by atoms with Crippen molar-refractivity contribution in [2.45, 2.75) is 19.9 Å². The van der Waals surface area contributed by atoms with E-state index in [1.165, 1.54) is 39.1 Å². The molecule has 0 unspecified atom stereocenters. The summed E-state index contributed by atoms with van der Waals surface area (Å²) >= 11 is 7.92. The number of rotatable bonds is 3. The lowest BCUT2D eigenvalue weighted by molar-refractivity contribution is 0.344. The number of fused-ring (bicyclic) bond motifs is 1. The molecule has 0 aliphatic carbocycles. The second-order valence-electron chi connectivity index (χ2n) is 9.83. The molecule has 3 aromatic carbocycles. The van der Waals surface area contributed by atoms with E-state index < -0.39 is 0 Å². The first-order chi connectivity index (χ1) is 17.5. The van der Waals surface area contributed by atoms with Gasteiger partial charge in [-0.3, -0.25) is 4.90 Å². The van der Waals surface area contributed by atoms with Gasteiger partial charge in [0, 0.05) is 23.5 Å². The number of halogens is 1. The largest absolute Gasteiger partial charge is 0.308 e. The standard InChI is InChI=1S/C31H28ClN3S/c1-20-4-8-22(9-5-20)16-25-17-34(3)18-27-29(25)33-31-35(30(27)24-10-6-21(2)7-11-24)28(19-36-31)23-12-14-26(32)15-13-23/h4-16,19,30H,17-18H2,1-3H3/b25-16+/t30-/m0/s1. The van der Waals surface area contributed by atoms with E-state index in [0.29, 0.717) is 0 Å². The number of hydrogen-bond donors (Lipinski definition) is 0. The zero-order valence-corrected chi connectivity index (χ0v) is 22.3. The fourth-order valence-electron chi connectivity index (χ4n) is 5.16. The average molecular weight is 510 g/mol. The average Bonchev–Trinajstić information content (AvgIpc) is 3.29. The number of benzene rings is 3. The summed E-state index contributed by atoms with van der Waals surface area (Å²) in [6.07, 6.45) is 2.31. The van der Waals surface area contributed by atoms with Crippen LogP contribution in [0.2, 0.25) is 5.02 Å². The Morgan fingerprint density at radius 3 is 2.25 bits per heavy atom. The van der Waals surface area contributed by atoms with E-state index in [2.05, 4.69) is 103 Å². The summed E-state index contributed by atoms with van der Waals surface area (Å²) < 4.78 is 0. The van der Waals surface area contributed by atoms with Crippen LogP contribution in [0.5, 0.6) is 0 Å².